The van der Waals surface area contributed by atoms with Crippen LogP contribution in [0.3, 0.4) is 0 Å². The van der Waals surface area contributed by atoms with Crippen molar-refractivity contribution in [3.8, 4) is 0 Å². The molecule has 0 unspecified atom stereocenters. The zero-order valence-corrected chi connectivity index (χ0v) is 24.9. The number of halogens is 2. The maximum Gasteiger partial charge on any atom is 0.264 e. The monoisotopic (exact) mass is 627 g/mol. The molecule has 42 heavy (non-hydrogen) atoms. The number of hydrogen-bond donors (Lipinski definition) is 1. The first-order chi connectivity index (χ1) is 19.9. The molecule has 0 spiro atoms. The molecule has 1 amide bonds. The van der Waals surface area contributed by atoms with E-state index in [1.807, 2.05) is 6.92 Å². The van der Waals surface area contributed by atoms with Gasteiger partial charge in [-0.3, -0.25) is 9.10 Å². The summed E-state index contributed by atoms with van der Waals surface area (Å²) in [5.41, 5.74) is 2.91. The van der Waals surface area contributed by atoms with Gasteiger partial charge in [-0.15, -0.1) is 0 Å². The largest absolute Gasteiger partial charge is 0.325 e. The van der Waals surface area contributed by atoms with Crippen LogP contribution in [-0.2, 0) is 37.8 Å². The van der Waals surface area contributed by atoms with Crippen LogP contribution in [0.4, 0.5) is 15.8 Å². The number of anilines is 2. The van der Waals surface area contributed by atoms with E-state index in [4.69, 9.17) is 11.6 Å². The van der Waals surface area contributed by atoms with Gasteiger partial charge in [0.05, 0.1) is 22.0 Å². The second kappa shape index (κ2) is 11.8. The second-order valence-corrected chi connectivity index (χ2v) is 14.1. The lowest BCUT2D eigenvalue weighted by Crippen LogP contribution is -2.37. The lowest BCUT2D eigenvalue weighted by molar-refractivity contribution is -0.116. The molecular weight excluding hydrogens is 601 g/mol. The highest BCUT2D eigenvalue weighted by Crippen LogP contribution is 2.35. The summed E-state index contributed by atoms with van der Waals surface area (Å²) in [4.78, 5) is 13.3. The van der Waals surface area contributed by atoms with Crippen molar-refractivity contribution in [2.24, 2.45) is 0 Å². The van der Waals surface area contributed by atoms with E-state index >= 15 is 0 Å². The van der Waals surface area contributed by atoms with Gasteiger partial charge in [-0.05, 0) is 85.1 Å². The van der Waals surface area contributed by atoms with Gasteiger partial charge in [-0.1, -0.05) is 47.5 Å². The second-order valence-electron chi connectivity index (χ2n) is 9.89. The molecule has 1 aliphatic heterocycles. The molecule has 1 aliphatic rings. The molecule has 0 atom stereocenters. The zero-order valence-electron chi connectivity index (χ0n) is 22.5. The number of rotatable bonds is 9. The Hall–Kier alpha value is -3.77. The van der Waals surface area contributed by atoms with E-state index < -0.39 is 38.3 Å². The minimum atomic E-state index is -4.10. The first kappa shape index (κ1) is 29.7. The summed E-state index contributed by atoms with van der Waals surface area (Å²) in [6, 6.07) is 22.5. The molecule has 5 rings (SSSR count). The lowest BCUT2D eigenvalue weighted by atomic mass is 10.1. The highest BCUT2D eigenvalue weighted by molar-refractivity contribution is 7.92. The van der Waals surface area contributed by atoms with Gasteiger partial charge in [-0.25, -0.2) is 21.2 Å². The van der Waals surface area contributed by atoms with Gasteiger partial charge in [0.25, 0.3) is 10.0 Å². The van der Waals surface area contributed by atoms with Gasteiger partial charge < -0.3 is 5.32 Å². The summed E-state index contributed by atoms with van der Waals surface area (Å²) in [6.45, 7) is 1.37. The number of nitrogens with one attached hydrogen (secondary N) is 1. The Morgan fingerprint density at radius 2 is 1.55 bits per heavy atom. The van der Waals surface area contributed by atoms with Crippen LogP contribution in [0.5, 0.6) is 0 Å². The van der Waals surface area contributed by atoms with Crippen LogP contribution in [0.25, 0.3) is 0 Å². The smallest absolute Gasteiger partial charge is 0.264 e. The molecule has 4 aromatic rings. The summed E-state index contributed by atoms with van der Waals surface area (Å²) in [5, 5.41) is 3.12. The third-order valence-electron chi connectivity index (χ3n) is 6.87. The van der Waals surface area contributed by atoms with Crippen molar-refractivity contribution in [3.63, 3.8) is 0 Å². The summed E-state index contributed by atoms with van der Waals surface area (Å²) < 4.78 is 69.6. The molecule has 0 radical (unpaired) electrons. The number of sulfonamides is 2. The predicted octanol–water partition coefficient (Wildman–Crippen LogP) is 5.37. The third-order valence-corrected chi connectivity index (χ3v) is 10.8. The van der Waals surface area contributed by atoms with Crippen molar-refractivity contribution in [1.82, 2.24) is 4.31 Å². The molecule has 0 aliphatic carbocycles. The van der Waals surface area contributed by atoms with Crippen molar-refractivity contribution >= 4 is 48.9 Å². The van der Waals surface area contributed by atoms with Gasteiger partial charge in [0.1, 0.15) is 5.82 Å². The number of hydrogen-bond acceptors (Lipinski definition) is 5. The quantitative estimate of drug-likeness (QED) is 0.269. The number of benzene rings is 4. The van der Waals surface area contributed by atoms with Gasteiger partial charge in [0, 0.05) is 23.8 Å². The van der Waals surface area contributed by atoms with Crippen LogP contribution in [0.2, 0.25) is 5.02 Å². The molecule has 0 bridgehead atoms. The van der Waals surface area contributed by atoms with Crippen LogP contribution in [0.1, 0.15) is 16.7 Å². The molecule has 0 saturated carbocycles. The minimum absolute atomic E-state index is 0.0172. The Labute approximate surface area is 249 Å². The SMILES string of the molecule is Cc1ccc(S(=O)(=O)N(CC(=O)Nc2ccc3c(c2)N(S(=O)(=O)c2ccc(Cl)cc2)CC3)Cc2ccc(F)cc2)cc1. The van der Waals surface area contributed by atoms with Crippen LogP contribution in [0, 0.1) is 12.7 Å². The van der Waals surface area contributed by atoms with E-state index in [0.717, 1.165) is 15.4 Å². The standard InChI is InChI=1S/C30H27ClFN3O5S2/c1-21-2-12-27(13-3-21)41(37,38)34(19-22-4-9-25(32)10-5-22)20-30(36)33-26-11-6-23-16-17-35(29(23)18-26)42(39,40)28-14-7-24(31)8-15-28/h2-15,18H,16-17,19-20H2,1H3,(H,33,36). The fourth-order valence-electron chi connectivity index (χ4n) is 4.65. The zero-order chi connectivity index (χ0) is 30.1. The molecule has 218 valence electrons. The summed E-state index contributed by atoms with van der Waals surface area (Å²) in [7, 11) is -7.98. The molecular formula is C30H27ClFN3O5S2. The summed E-state index contributed by atoms with van der Waals surface area (Å²) >= 11 is 5.92. The Bertz CT molecular complexity index is 1830. The molecule has 1 heterocycles. The predicted molar refractivity (Wildman–Crippen MR) is 160 cm³/mol. The van der Waals surface area contributed by atoms with E-state index in [-0.39, 0.29) is 22.9 Å². The van der Waals surface area contributed by atoms with E-state index in [0.29, 0.717) is 28.4 Å². The maximum absolute atomic E-state index is 13.6. The van der Waals surface area contributed by atoms with Crippen molar-refractivity contribution in [3.05, 3.63) is 119 Å². The average Bonchev–Trinajstić information content (AvgIpc) is 3.38. The number of carbonyl (C=O) groups is 1. The number of carbonyl (C=O) groups excluding carboxylic acids is 1. The van der Waals surface area contributed by atoms with Gasteiger partial charge in [-0.2, -0.15) is 4.31 Å². The molecule has 0 saturated heterocycles. The van der Waals surface area contributed by atoms with Crippen LogP contribution >= 0.6 is 11.6 Å². The van der Waals surface area contributed by atoms with E-state index in [2.05, 4.69) is 5.32 Å². The minimum Gasteiger partial charge on any atom is -0.325 e. The topological polar surface area (TPSA) is 104 Å². The maximum atomic E-state index is 13.6. The van der Waals surface area contributed by atoms with Crippen LogP contribution in [-0.4, -0.2) is 40.1 Å². The Balaban J connectivity index is 1.39. The first-order valence-electron chi connectivity index (χ1n) is 13.0. The Morgan fingerprint density at radius 1 is 0.905 bits per heavy atom. The van der Waals surface area contributed by atoms with Crippen LogP contribution in [0.15, 0.2) is 101 Å². The molecule has 0 fully saturated rings. The van der Waals surface area contributed by atoms with E-state index in [9.17, 15) is 26.0 Å². The number of amides is 1. The summed E-state index contributed by atoms with van der Waals surface area (Å²) in [5.74, 6) is -1.09. The Kier molecular flexibility index (Phi) is 8.38. The lowest BCUT2D eigenvalue weighted by Gasteiger charge is -2.23. The van der Waals surface area contributed by atoms with Crippen molar-refractivity contribution < 1.29 is 26.0 Å². The van der Waals surface area contributed by atoms with Crippen LogP contribution < -0.4 is 9.62 Å². The first-order valence-corrected chi connectivity index (χ1v) is 16.2. The fraction of sp³-hybridized carbons (Fsp3) is 0.167. The molecule has 8 nitrogen and oxygen atoms in total. The van der Waals surface area contributed by atoms with Crippen molar-refractivity contribution in [2.45, 2.75) is 29.7 Å². The molecule has 0 aromatic heterocycles. The summed E-state index contributed by atoms with van der Waals surface area (Å²) in [6.07, 6.45) is 0.497. The van der Waals surface area contributed by atoms with Gasteiger partial charge in [0.15, 0.2) is 0 Å². The molecule has 12 heteroatoms. The van der Waals surface area contributed by atoms with Crippen molar-refractivity contribution in [1.29, 1.82) is 0 Å². The van der Waals surface area contributed by atoms with Gasteiger partial charge >= 0.3 is 0 Å². The fourth-order valence-corrected chi connectivity index (χ4v) is 7.66. The van der Waals surface area contributed by atoms with Crippen molar-refractivity contribution in [2.75, 3.05) is 22.7 Å². The highest BCUT2D eigenvalue weighted by Gasteiger charge is 2.32. The highest BCUT2D eigenvalue weighted by atomic mass is 35.5. The number of aryl methyl sites for hydroxylation is 1. The third kappa shape index (κ3) is 6.34. The molecule has 1 N–H and O–H groups in total. The normalized spacial score (nSPS) is 13.3. The average molecular weight is 628 g/mol. The number of nitrogens with zero attached hydrogens (tertiary/aromatic N) is 2. The van der Waals surface area contributed by atoms with E-state index in [1.54, 1.807) is 30.3 Å². The Morgan fingerprint density at radius 3 is 2.21 bits per heavy atom. The molecule has 4 aromatic carbocycles. The number of fused-ring (bicyclic) bond motifs is 1. The van der Waals surface area contributed by atoms with Gasteiger partial charge in [0.2, 0.25) is 15.9 Å². The van der Waals surface area contributed by atoms with E-state index in [1.165, 1.54) is 65.0 Å².